The van der Waals surface area contributed by atoms with Crippen molar-refractivity contribution in [3.05, 3.63) is 0 Å². The molecule has 0 aliphatic heterocycles. The van der Waals surface area contributed by atoms with E-state index in [0.717, 1.165) is 38.9 Å². The normalized spacial score (nSPS) is 10.7. The van der Waals surface area contributed by atoms with Gasteiger partial charge in [-0.2, -0.15) is 0 Å². The molecule has 0 N–H and O–H groups in total. The van der Waals surface area contributed by atoms with Gasteiger partial charge in [0.2, 0.25) is 0 Å². The van der Waals surface area contributed by atoms with Gasteiger partial charge in [0, 0.05) is 19.4 Å². The third-order valence-electron chi connectivity index (χ3n) is 2.13. The standard InChI is InChI=1S/C10H21NO/c1-4-7-10(12)8-9-11(5-2)6-3/h4-9H2,1-3H3. The average molecular weight is 171 g/mol. The van der Waals surface area contributed by atoms with E-state index in [4.69, 9.17) is 0 Å². The first-order valence-corrected chi connectivity index (χ1v) is 4.98. The fraction of sp³-hybridized carbons (Fsp3) is 0.900. The number of hydrogen-bond acceptors (Lipinski definition) is 2. The maximum absolute atomic E-state index is 11.2. The summed E-state index contributed by atoms with van der Waals surface area (Å²) < 4.78 is 0. The van der Waals surface area contributed by atoms with Crippen molar-refractivity contribution < 1.29 is 4.79 Å². The number of carbonyl (C=O) groups is 1. The summed E-state index contributed by atoms with van der Waals surface area (Å²) in [5.74, 6) is 0.407. The highest BCUT2D eigenvalue weighted by Gasteiger charge is 2.03. The van der Waals surface area contributed by atoms with Crippen molar-refractivity contribution in [3.8, 4) is 0 Å². The highest BCUT2D eigenvalue weighted by molar-refractivity contribution is 5.78. The SMILES string of the molecule is CCCC(=O)CCN(CC)CC. The zero-order valence-corrected chi connectivity index (χ0v) is 8.60. The monoisotopic (exact) mass is 171 g/mol. The smallest absolute Gasteiger partial charge is 0.134 e. The molecular weight excluding hydrogens is 150 g/mol. The summed E-state index contributed by atoms with van der Waals surface area (Å²) in [7, 11) is 0. The zero-order chi connectivity index (χ0) is 9.40. The maximum Gasteiger partial charge on any atom is 0.134 e. The molecule has 0 radical (unpaired) electrons. The van der Waals surface area contributed by atoms with E-state index in [2.05, 4.69) is 25.7 Å². The Morgan fingerprint density at radius 2 is 1.67 bits per heavy atom. The minimum absolute atomic E-state index is 0.407. The van der Waals surface area contributed by atoms with Crippen molar-refractivity contribution in [2.75, 3.05) is 19.6 Å². The molecular formula is C10H21NO. The number of ketones is 1. The molecule has 0 spiro atoms. The van der Waals surface area contributed by atoms with Crippen LogP contribution >= 0.6 is 0 Å². The molecule has 2 heteroatoms. The maximum atomic E-state index is 11.2. The first-order valence-electron chi connectivity index (χ1n) is 4.98. The molecule has 0 aromatic heterocycles. The molecule has 0 amide bonds. The van der Waals surface area contributed by atoms with Crippen LogP contribution in [0.15, 0.2) is 0 Å². The second-order valence-corrected chi connectivity index (χ2v) is 3.07. The lowest BCUT2D eigenvalue weighted by atomic mass is 10.2. The van der Waals surface area contributed by atoms with E-state index in [-0.39, 0.29) is 0 Å². The van der Waals surface area contributed by atoms with Crippen molar-refractivity contribution in [2.24, 2.45) is 0 Å². The van der Waals surface area contributed by atoms with E-state index >= 15 is 0 Å². The summed E-state index contributed by atoms with van der Waals surface area (Å²) in [6, 6.07) is 0. The van der Waals surface area contributed by atoms with Gasteiger partial charge in [-0.3, -0.25) is 4.79 Å². The number of nitrogens with zero attached hydrogens (tertiary/aromatic N) is 1. The summed E-state index contributed by atoms with van der Waals surface area (Å²) in [4.78, 5) is 13.4. The second kappa shape index (κ2) is 7.29. The number of hydrogen-bond donors (Lipinski definition) is 0. The molecule has 0 aliphatic rings. The molecule has 0 bridgehead atoms. The summed E-state index contributed by atoms with van der Waals surface area (Å²) in [6.45, 7) is 9.36. The fourth-order valence-corrected chi connectivity index (χ4v) is 1.23. The third kappa shape index (κ3) is 5.30. The van der Waals surface area contributed by atoms with Gasteiger partial charge in [0.05, 0.1) is 0 Å². The topological polar surface area (TPSA) is 20.3 Å². The first kappa shape index (κ1) is 11.6. The van der Waals surface area contributed by atoms with Gasteiger partial charge < -0.3 is 4.90 Å². The summed E-state index contributed by atoms with van der Waals surface area (Å²) in [6.07, 6.45) is 2.47. The van der Waals surface area contributed by atoms with Gasteiger partial charge in [-0.15, -0.1) is 0 Å². The summed E-state index contributed by atoms with van der Waals surface area (Å²) in [5.41, 5.74) is 0. The molecule has 72 valence electrons. The Morgan fingerprint density at radius 1 is 1.08 bits per heavy atom. The molecule has 0 unspecified atom stereocenters. The number of rotatable bonds is 7. The fourth-order valence-electron chi connectivity index (χ4n) is 1.23. The van der Waals surface area contributed by atoms with Crippen LogP contribution in [0, 0.1) is 0 Å². The molecule has 0 heterocycles. The van der Waals surface area contributed by atoms with Crippen molar-refractivity contribution >= 4 is 5.78 Å². The minimum atomic E-state index is 0.407. The Kier molecular flexibility index (Phi) is 7.06. The minimum Gasteiger partial charge on any atom is -0.303 e. The Hall–Kier alpha value is -0.370. The van der Waals surface area contributed by atoms with Gasteiger partial charge in [-0.25, -0.2) is 0 Å². The van der Waals surface area contributed by atoms with Crippen LogP contribution in [-0.4, -0.2) is 30.3 Å². The lowest BCUT2D eigenvalue weighted by Crippen LogP contribution is -2.25. The van der Waals surface area contributed by atoms with E-state index in [1.54, 1.807) is 0 Å². The number of Topliss-reactive ketones (excluding diaryl/α,β-unsaturated/α-hetero) is 1. The van der Waals surface area contributed by atoms with Gasteiger partial charge in [0.15, 0.2) is 0 Å². The van der Waals surface area contributed by atoms with Gasteiger partial charge in [-0.1, -0.05) is 20.8 Å². The molecule has 0 rings (SSSR count). The van der Waals surface area contributed by atoms with Crippen molar-refractivity contribution in [2.45, 2.75) is 40.0 Å². The second-order valence-electron chi connectivity index (χ2n) is 3.07. The van der Waals surface area contributed by atoms with E-state index < -0.39 is 0 Å². The molecule has 0 saturated carbocycles. The van der Waals surface area contributed by atoms with Crippen molar-refractivity contribution in [1.29, 1.82) is 0 Å². The molecule has 12 heavy (non-hydrogen) atoms. The van der Waals surface area contributed by atoms with Crippen LogP contribution in [0.5, 0.6) is 0 Å². The molecule has 0 aromatic rings. The molecule has 0 atom stereocenters. The van der Waals surface area contributed by atoms with Crippen LogP contribution < -0.4 is 0 Å². The predicted octanol–water partition coefficient (Wildman–Crippen LogP) is 2.09. The Bertz CT molecular complexity index is 119. The Morgan fingerprint density at radius 3 is 2.08 bits per heavy atom. The third-order valence-corrected chi connectivity index (χ3v) is 2.13. The predicted molar refractivity (Wildman–Crippen MR) is 52.3 cm³/mol. The Labute approximate surface area is 75.9 Å². The largest absolute Gasteiger partial charge is 0.303 e. The average Bonchev–Trinajstić information content (AvgIpc) is 2.07. The van der Waals surface area contributed by atoms with E-state index in [1.807, 2.05) is 0 Å². The van der Waals surface area contributed by atoms with E-state index in [9.17, 15) is 4.79 Å². The molecule has 0 saturated heterocycles. The van der Waals surface area contributed by atoms with Gasteiger partial charge in [-0.05, 0) is 19.5 Å². The summed E-state index contributed by atoms with van der Waals surface area (Å²) >= 11 is 0. The van der Waals surface area contributed by atoms with Gasteiger partial charge >= 0.3 is 0 Å². The van der Waals surface area contributed by atoms with Gasteiger partial charge in [0.25, 0.3) is 0 Å². The van der Waals surface area contributed by atoms with Crippen LogP contribution in [0.2, 0.25) is 0 Å². The van der Waals surface area contributed by atoms with Crippen LogP contribution in [-0.2, 0) is 4.79 Å². The summed E-state index contributed by atoms with van der Waals surface area (Å²) in [5, 5.41) is 0. The highest BCUT2D eigenvalue weighted by Crippen LogP contribution is 1.97. The van der Waals surface area contributed by atoms with Crippen molar-refractivity contribution in [3.63, 3.8) is 0 Å². The van der Waals surface area contributed by atoms with Crippen molar-refractivity contribution in [1.82, 2.24) is 4.90 Å². The lowest BCUT2D eigenvalue weighted by molar-refractivity contribution is -0.119. The number of carbonyl (C=O) groups excluding carboxylic acids is 1. The Balaban J connectivity index is 3.44. The molecule has 0 fully saturated rings. The highest BCUT2D eigenvalue weighted by atomic mass is 16.1. The zero-order valence-electron chi connectivity index (χ0n) is 8.60. The molecule has 0 aliphatic carbocycles. The molecule has 0 aromatic carbocycles. The van der Waals surface area contributed by atoms with E-state index in [1.165, 1.54) is 0 Å². The van der Waals surface area contributed by atoms with Crippen LogP contribution in [0.1, 0.15) is 40.0 Å². The van der Waals surface area contributed by atoms with Gasteiger partial charge in [0.1, 0.15) is 5.78 Å². The van der Waals surface area contributed by atoms with E-state index in [0.29, 0.717) is 5.78 Å². The quantitative estimate of drug-likeness (QED) is 0.584. The van der Waals surface area contributed by atoms with Crippen LogP contribution in [0.25, 0.3) is 0 Å². The van der Waals surface area contributed by atoms with Crippen LogP contribution in [0.4, 0.5) is 0 Å². The first-order chi connectivity index (χ1) is 5.74. The van der Waals surface area contributed by atoms with Crippen LogP contribution in [0.3, 0.4) is 0 Å². The lowest BCUT2D eigenvalue weighted by Gasteiger charge is -2.16. The molecule has 2 nitrogen and oxygen atoms in total.